The van der Waals surface area contributed by atoms with Gasteiger partial charge in [-0.05, 0) is 6.42 Å². The summed E-state index contributed by atoms with van der Waals surface area (Å²) in [7, 11) is 0. The molecular weight excluding hydrogens is 299 g/mol. The van der Waals surface area contributed by atoms with Crippen LogP contribution >= 0.6 is 0 Å². The van der Waals surface area contributed by atoms with Crippen molar-refractivity contribution in [1.29, 1.82) is 0 Å². The van der Waals surface area contributed by atoms with Crippen LogP contribution in [0.15, 0.2) is 12.1 Å². The maximum absolute atomic E-state index is 13.3. The Morgan fingerprint density at radius 1 is 1.33 bits per heavy atom. The summed E-state index contributed by atoms with van der Waals surface area (Å²) in [5, 5.41) is 9.03. The molecule has 1 N–H and O–H groups in total. The Morgan fingerprint density at radius 3 is 2.38 bits per heavy atom. The van der Waals surface area contributed by atoms with Crippen molar-refractivity contribution in [2.24, 2.45) is 0 Å². The summed E-state index contributed by atoms with van der Waals surface area (Å²) in [4.78, 5) is 14.3. The average molecular weight is 308 g/mol. The fourth-order valence-electron chi connectivity index (χ4n) is 2.07. The van der Waals surface area contributed by atoms with Gasteiger partial charge < -0.3 is 9.67 Å². The number of halogens is 5. The number of nitrogens with zero attached hydrogens (tertiary/aromatic N) is 2. The Hall–Kier alpha value is -2.19. The van der Waals surface area contributed by atoms with Crippen LogP contribution in [0.25, 0.3) is 11.0 Å². The highest BCUT2D eigenvalue weighted by atomic mass is 19.4. The highest BCUT2D eigenvalue weighted by Crippen LogP contribution is 2.35. The summed E-state index contributed by atoms with van der Waals surface area (Å²) in [5.41, 5.74) is -0.878. The third kappa shape index (κ3) is 2.55. The number of hydrogen-bond acceptors (Lipinski definition) is 2. The van der Waals surface area contributed by atoms with Crippen molar-refractivity contribution in [3.05, 3.63) is 29.6 Å². The zero-order chi connectivity index (χ0) is 15.9. The Morgan fingerprint density at radius 2 is 1.90 bits per heavy atom. The Kier molecular flexibility index (Phi) is 3.60. The molecule has 1 aromatic carbocycles. The second-order valence-corrected chi connectivity index (χ2v) is 4.32. The zero-order valence-corrected chi connectivity index (χ0v) is 10.6. The van der Waals surface area contributed by atoms with Crippen molar-refractivity contribution in [3.8, 4) is 0 Å². The maximum Gasteiger partial charge on any atom is 0.449 e. The summed E-state index contributed by atoms with van der Waals surface area (Å²) in [5.74, 6) is -5.76. The first-order valence-electron chi connectivity index (χ1n) is 5.83. The predicted octanol–water partition coefficient (Wildman–Crippen LogP) is 3.37. The first-order valence-corrected chi connectivity index (χ1v) is 5.83. The van der Waals surface area contributed by atoms with Gasteiger partial charge in [-0.1, -0.05) is 6.92 Å². The normalized spacial score (nSPS) is 13.6. The lowest BCUT2D eigenvalue weighted by molar-refractivity contribution is -0.151. The van der Waals surface area contributed by atoms with E-state index in [1.165, 1.54) is 6.92 Å². The van der Waals surface area contributed by atoms with E-state index in [9.17, 15) is 26.7 Å². The number of hydrogen-bond donors (Lipinski definition) is 1. The largest absolute Gasteiger partial charge is 0.480 e. The van der Waals surface area contributed by atoms with Gasteiger partial charge in [-0.2, -0.15) is 13.2 Å². The first-order chi connectivity index (χ1) is 9.66. The zero-order valence-electron chi connectivity index (χ0n) is 10.6. The van der Waals surface area contributed by atoms with Gasteiger partial charge in [0.15, 0.2) is 11.6 Å². The number of alkyl halides is 3. The Balaban J connectivity index is 2.86. The van der Waals surface area contributed by atoms with Crippen LogP contribution in [0, 0.1) is 11.6 Å². The topological polar surface area (TPSA) is 55.1 Å². The number of carbonyl (C=O) groups is 1. The van der Waals surface area contributed by atoms with Gasteiger partial charge in [0.05, 0.1) is 11.0 Å². The second-order valence-electron chi connectivity index (χ2n) is 4.32. The SMILES string of the molecule is CCC(C(=O)O)n1c(C(F)(F)F)nc2cc(F)c(F)cc21. The number of aliphatic carboxylic acids is 1. The van der Waals surface area contributed by atoms with Crippen molar-refractivity contribution in [1.82, 2.24) is 9.55 Å². The highest BCUT2D eigenvalue weighted by molar-refractivity contribution is 5.80. The molecule has 0 fully saturated rings. The minimum atomic E-state index is -4.95. The molecule has 0 amide bonds. The molecule has 0 bridgehead atoms. The van der Waals surface area contributed by atoms with Gasteiger partial charge in [0, 0.05) is 12.1 Å². The van der Waals surface area contributed by atoms with Crippen molar-refractivity contribution in [2.75, 3.05) is 0 Å². The Labute approximate surface area is 114 Å². The fraction of sp³-hybridized carbons (Fsp3) is 0.333. The summed E-state index contributed by atoms with van der Waals surface area (Å²) in [6.45, 7) is 1.37. The quantitative estimate of drug-likeness (QED) is 0.885. The molecule has 0 saturated carbocycles. The Bertz CT molecular complexity index is 708. The van der Waals surface area contributed by atoms with Crippen LogP contribution in [0.4, 0.5) is 22.0 Å². The van der Waals surface area contributed by atoms with E-state index in [4.69, 9.17) is 5.11 Å². The number of carboxylic acids is 1. The molecule has 1 atom stereocenters. The van der Waals surface area contributed by atoms with E-state index in [0.29, 0.717) is 16.7 Å². The fourth-order valence-corrected chi connectivity index (χ4v) is 2.07. The van der Waals surface area contributed by atoms with Gasteiger partial charge in [0.25, 0.3) is 0 Å². The number of imidazole rings is 1. The summed E-state index contributed by atoms with van der Waals surface area (Å²) in [6.07, 6.45) is -5.13. The molecule has 0 aliphatic carbocycles. The van der Waals surface area contributed by atoms with Gasteiger partial charge in [0.1, 0.15) is 6.04 Å². The second kappa shape index (κ2) is 4.97. The molecule has 4 nitrogen and oxygen atoms in total. The number of fused-ring (bicyclic) bond motifs is 1. The van der Waals surface area contributed by atoms with Gasteiger partial charge in [-0.3, -0.25) is 0 Å². The molecule has 0 aliphatic heterocycles. The van der Waals surface area contributed by atoms with Gasteiger partial charge >= 0.3 is 12.1 Å². The lowest BCUT2D eigenvalue weighted by Gasteiger charge is -2.17. The third-order valence-electron chi connectivity index (χ3n) is 2.97. The van der Waals surface area contributed by atoms with Crippen molar-refractivity contribution >= 4 is 17.0 Å². The third-order valence-corrected chi connectivity index (χ3v) is 2.97. The molecule has 0 saturated heterocycles. The van der Waals surface area contributed by atoms with E-state index in [0.717, 1.165) is 0 Å². The molecule has 0 aliphatic rings. The number of benzene rings is 1. The molecular formula is C12H9F5N2O2. The van der Waals surface area contributed by atoms with E-state index >= 15 is 0 Å². The number of aromatic nitrogens is 2. The summed E-state index contributed by atoms with van der Waals surface area (Å²) >= 11 is 0. The molecule has 1 heterocycles. The molecule has 0 spiro atoms. The van der Waals surface area contributed by atoms with Crippen LogP contribution in [0.5, 0.6) is 0 Å². The molecule has 9 heteroatoms. The lowest BCUT2D eigenvalue weighted by Crippen LogP contribution is -2.24. The monoisotopic (exact) mass is 308 g/mol. The lowest BCUT2D eigenvalue weighted by atomic mass is 10.2. The molecule has 0 radical (unpaired) electrons. The van der Waals surface area contributed by atoms with Crippen LogP contribution in [0.1, 0.15) is 25.2 Å². The maximum atomic E-state index is 13.3. The van der Waals surface area contributed by atoms with Gasteiger partial charge in [-0.25, -0.2) is 18.6 Å². The van der Waals surface area contributed by atoms with Gasteiger partial charge in [-0.15, -0.1) is 0 Å². The van der Waals surface area contributed by atoms with Crippen molar-refractivity contribution in [3.63, 3.8) is 0 Å². The van der Waals surface area contributed by atoms with Crippen molar-refractivity contribution < 1.29 is 31.9 Å². The van der Waals surface area contributed by atoms with E-state index in [2.05, 4.69) is 4.98 Å². The van der Waals surface area contributed by atoms with Crippen LogP contribution in [-0.4, -0.2) is 20.6 Å². The first kappa shape index (κ1) is 15.2. The van der Waals surface area contributed by atoms with E-state index in [1.54, 1.807) is 0 Å². The van der Waals surface area contributed by atoms with Crippen LogP contribution in [0.2, 0.25) is 0 Å². The van der Waals surface area contributed by atoms with Gasteiger partial charge in [0.2, 0.25) is 5.82 Å². The number of carboxylic acid groups (broad SMARTS) is 1. The average Bonchev–Trinajstić information content (AvgIpc) is 2.69. The molecule has 1 unspecified atom stereocenters. The van der Waals surface area contributed by atoms with E-state index in [1.807, 2.05) is 0 Å². The molecule has 2 rings (SSSR count). The number of rotatable bonds is 3. The van der Waals surface area contributed by atoms with Crippen molar-refractivity contribution in [2.45, 2.75) is 25.6 Å². The molecule has 114 valence electrons. The highest BCUT2D eigenvalue weighted by Gasteiger charge is 2.40. The van der Waals surface area contributed by atoms with Crippen LogP contribution in [-0.2, 0) is 11.0 Å². The predicted molar refractivity (Wildman–Crippen MR) is 61.6 cm³/mol. The van der Waals surface area contributed by atoms with E-state index < -0.39 is 46.7 Å². The molecule has 21 heavy (non-hydrogen) atoms. The minimum absolute atomic E-state index is 0.178. The van der Waals surface area contributed by atoms with Crippen LogP contribution in [0.3, 0.4) is 0 Å². The van der Waals surface area contributed by atoms with E-state index in [-0.39, 0.29) is 6.42 Å². The molecule has 1 aromatic heterocycles. The molecule has 2 aromatic rings. The minimum Gasteiger partial charge on any atom is -0.480 e. The summed E-state index contributed by atoms with van der Waals surface area (Å²) < 4.78 is 65.7. The summed E-state index contributed by atoms with van der Waals surface area (Å²) in [6, 6.07) is -0.569. The standard InChI is InChI=1S/C12H9F5N2O2/c1-2-8(10(20)21)19-9-4-6(14)5(13)3-7(9)18-11(19)12(15,16)17/h3-4,8H,2H2,1H3,(H,20,21). The van der Waals surface area contributed by atoms with Crippen LogP contribution < -0.4 is 0 Å². The smallest absolute Gasteiger partial charge is 0.449 e.